The Kier molecular flexibility index (Phi) is 6.17. The lowest BCUT2D eigenvalue weighted by atomic mass is 9.45. The van der Waals surface area contributed by atoms with Crippen LogP contribution in [0.3, 0.4) is 0 Å². The second-order valence-electron chi connectivity index (χ2n) is 12.2. The van der Waals surface area contributed by atoms with Gasteiger partial charge in [0.2, 0.25) is 5.91 Å². The van der Waals surface area contributed by atoms with E-state index in [2.05, 4.69) is 37.5 Å². The van der Waals surface area contributed by atoms with Crippen LogP contribution in [-0.2, 0) is 11.0 Å². The molecule has 0 radical (unpaired) electrons. The third-order valence-electron chi connectivity index (χ3n) is 10.8. The van der Waals surface area contributed by atoms with Gasteiger partial charge in [-0.15, -0.1) is 0 Å². The Morgan fingerprint density at radius 2 is 1.81 bits per heavy atom. The van der Waals surface area contributed by atoms with Crippen molar-refractivity contribution in [2.45, 2.75) is 77.1 Å². The van der Waals surface area contributed by atoms with E-state index < -0.39 is 17.8 Å². The average molecular weight is 538 g/mol. The monoisotopic (exact) mass is 537 g/mol. The predicted molar refractivity (Wildman–Crippen MR) is 137 cm³/mol. The quantitative estimate of drug-likeness (QED) is 0.432. The maximum absolute atomic E-state index is 13.1. The minimum Gasteiger partial charge on any atom is -0.336 e. The van der Waals surface area contributed by atoms with E-state index in [0.29, 0.717) is 17.8 Å². The van der Waals surface area contributed by atoms with Crippen molar-refractivity contribution in [2.24, 2.45) is 28.6 Å². The topological polar surface area (TPSA) is 61.4 Å². The lowest BCUT2D eigenvalue weighted by molar-refractivity contribution is -0.154. The molecule has 1 aromatic rings. The van der Waals surface area contributed by atoms with Crippen molar-refractivity contribution in [3.8, 4) is 0 Å². The summed E-state index contributed by atoms with van der Waals surface area (Å²) in [6.45, 7) is 6.79. The summed E-state index contributed by atoms with van der Waals surface area (Å²) >= 11 is 6.08. The molecule has 0 spiro atoms. The van der Waals surface area contributed by atoms with Crippen LogP contribution < -0.4 is 10.6 Å². The molecule has 0 unspecified atom stereocenters. The summed E-state index contributed by atoms with van der Waals surface area (Å²) in [5.41, 5.74) is -1.34. The van der Waals surface area contributed by atoms with Gasteiger partial charge in [0.05, 0.1) is 16.3 Å². The lowest BCUT2D eigenvalue weighted by Crippen LogP contribution is -2.66. The molecule has 202 valence electrons. The molecule has 0 saturated heterocycles. The first kappa shape index (κ1) is 26.4. The number of hydrogen-bond acceptors (Lipinski definition) is 2. The van der Waals surface area contributed by atoms with E-state index in [4.69, 9.17) is 11.6 Å². The van der Waals surface area contributed by atoms with Gasteiger partial charge in [-0.3, -0.25) is 4.79 Å². The van der Waals surface area contributed by atoms with Gasteiger partial charge in [0.15, 0.2) is 0 Å². The Labute approximate surface area is 221 Å². The number of nitrogens with one attached hydrogen (secondary N) is 2. The number of urea groups is 1. The summed E-state index contributed by atoms with van der Waals surface area (Å²) in [5, 5.41) is 5.68. The van der Waals surface area contributed by atoms with Crippen LogP contribution in [0.1, 0.15) is 64.9 Å². The number of amides is 3. The van der Waals surface area contributed by atoms with Crippen LogP contribution in [0.4, 0.5) is 23.7 Å². The summed E-state index contributed by atoms with van der Waals surface area (Å²) < 4.78 is 39.4. The van der Waals surface area contributed by atoms with Crippen LogP contribution in [0.15, 0.2) is 30.4 Å². The number of carbonyl (C=O) groups is 2. The normalized spacial score (nSPS) is 39.0. The summed E-state index contributed by atoms with van der Waals surface area (Å²) in [6.07, 6.45) is 5.14. The smallest absolute Gasteiger partial charge is 0.336 e. The van der Waals surface area contributed by atoms with Gasteiger partial charge in [-0.2, -0.15) is 13.2 Å². The van der Waals surface area contributed by atoms with Gasteiger partial charge in [0.25, 0.3) is 0 Å². The molecule has 3 aliphatic carbocycles. The van der Waals surface area contributed by atoms with E-state index in [-0.39, 0.29) is 39.0 Å². The number of alkyl halides is 3. The number of rotatable bonds is 2. The minimum atomic E-state index is -4.52. The minimum absolute atomic E-state index is 0.0559. The Morgan fingerprint density at radius 3 is 2.51 bits per heavy atom. The number of nitrogens with zero attached hydrogens (tertiary/aromatic N) is 1. The molecule has 9 heteroatoms. The summed E-state index contributed by atoms with van der Waals surface area (Å²) in [7, 11) is 1.92. The van der Waals surface area contributed by atoms with Gasteiger partial charge in [-0.25, -0.2) is 4.79 Å². The molecule has 0 aromatic heterocycles. The highest BCUT2D eigenvalue weighted by Crippen LogP contribution is 2.66. The van der Waals surface area contributed by atoms with E-state index in [1.807, 2.05) is 11.9 Å². The van der Waals surface area contributed by atoms with Crippen LogP contribution in [0.5, 0.6) is 0 Å². The van der Waals surface area contributed by atoms with Crippen LogP contribution in [-0.4, -0.2) is 35.5 Å². The molecule has 7 atom stereocenters. The van der Waals surface area contributed by atoms with Gasteiger partial charge >= 0.3 is 12.2 Å². The molecule has 1 heterocycles. The molecule has 2 N–H and O–H groups in total. The van der Waals surface area contributed by atoms with Gasteiger partial charge in [0.1, 0.15) is 0 Å². The van der Waals surface area contributed by atoms with Crippen molar-refractivity contribution in [1.29, 1.82) is 0 Å². The first-order valence-corrected chi connectivity index (χ1v) is 13.5. The van der Waals surface area contributed by atoms with Crippen molar-refractivity contribution in [3.05, 3.63) is 40.9 Å². The first-order chi connectivity index (χ1) is 17.2. The second-order valence-corrected chi connectivity index (χ2v) is 12.6. The van der Waals surface area contributed by atoms with Gasteiger partial charge in [0, 0.05) is 24.0 Å². The van der Waals surface area contributed by atoms with E-state index >= 15 is 0 Å². The highest BCUT2D eigenvalue weighted by atomic mass is 35.5. The van der Waals surface area contributed by atoms with Crippen LogP contribution in [0.2, 0.25) is 5.02 Å². The van der Waals surface area contributed by atoms with Crippen molar-refractivity contribution >= 4 is 29.2 Å². The molecule has 1 aliphatic heterocycles. The second kappa shape index (κ2) is 8.65. The number of anilines is 1. The van der Waals surface area contributed by atoms with Crippen molar-refractivity contribution < 1.29 is 22.8 Å². The molecule has 5 nitrogen and oxygen atoms in total. The maximum atomic E-state index is 13.1. The van der Waals surface area contributed by atoms with E-state index in [1.165, 1.54) is 0 Å². The predicted octanol–water partition coefficient (Wildman–Crippen LogP) is 6.88. The molecule has 1 aromatic carbocycles. The van der Waals surface area contributed by atoms with Crippen molar-refractivity contribution in [1.82, 2.24) is 10.2 Å². The van der Waals surface area contributed by atoms with Crippen molar-refractivity contribution in [2.75, 3.05) is 12.4 Å². The van der Waals surface area contributed by atoms with Gasteiger partial charge < -0.3 is 15.5 Å². The lowest BCUT2D eigenvalue weighted by Gasteiger charge is -2.64. The number of benzene rings is 1. The molecular weight excluding hydrogens is 503 g/mol. The van der Waals surface area contributed by atoms with E-state index in [0.717, 1.165) is 56.7 Å². The number of fused-ring (bicyclic) bond motifs is 5. The van der Waals surface area contributed by atoms with E-state index in [9.17, 15) is 22.8 Å². The molecule has 3 saturated carbocycles. The molecule has 3 fully saturated rings. The molecule has 5 rings (SSSR count). The Morgan fingerprint density at radius 1 is 1.08 bits per heavy atom. The molecular formula is C28H35ClF3N3O2. The zero-order valence-electron chi connectivity index (χ0n) is 21.7. The Hall–Kier alpha value is -2.22. The van der Waals surface area contributed by atoms with Crippen LogP contribution in [0, 0.1) is 28.6 Å². The highest BCUT2D eigenvalue weighted by molar-refractivity contribution is 6.33. The zero-order chi connectivity index (χ0) is 27.0. The SMILES string of the molecule is CN1C(=O)C=C[C@]2(C)[C@H]3CC[C@]4(C)[C@@H](NC(=O)Nc5cc(C(F)(F)F)ccc5Cl)CC[C@H]4[C@@H]3CC[C@@]12C. The fourth-order valence-electron chi connectivity index (χ4n) is 8.33. The Balaban J connectivity index is 1.32. The van der Waals surface area contributed by atoms with Crippen LogP contribution in [0.25, 0.3) is 0 Å². The number of hydrogen-bond donors (Lipinski definition) is 2. The Bertz CT molecular complexity index is 1160. The zero-order valence-corrected chi connectivity index (χ0v) is 22.5. The van der Waals surface area contributed by atoms with Crippen LogP contribution >= 0.6 is 11.6 Å². The number of likely N-dealkylation sites (N-methyl/N-ethyl adjacent to an activating group) is 1. The average Bonchev–Trinajstić information content (AvgIpc) is 3.15. The molecule has 0 bridgehead atoms. The molecule has 37 heavy (non-hydrogen) atoms. The standard InChI is InChI=1S/C28H35ClF3N3O2/c1-25-12-10-19-17(9-14-27(3)26(19,2)13-11-23(36)35(27)4)18(25)6-8-22(25)34-24(37)33-21-15-16(28(30,31)32)5-7-20(21)29/h5,7,11,13,15,17-19,22H,6,8-10,12,14H2,1-4H3,(H2,33,34,37)/t17-,18-,19-,22-,25-,26+,27+/m0/s1. The first-order valence-electron chi connectivity index (χ1n) is 13.1. The summed E-state index contributed by atoms with van der Waals surface area (Å²) in [4.78, 5) is 27.3. The third-order valence-corrected chi connectivity index (χ3v) is 11.2. The van der Waals surface area contributed by atoms with Gasteiger partial charge in [-0.05, 0) is 92.9 Å². The maximum Gasteiger partial charge on any atom is 0.416 e. The summed E-state index contributed by atoms with van der Waals surface area (Å²) in [5.74, 6) is 1.45. The van der Waals surface area contributed by atoms with Gasteiger partial charge in [-0.1, -0.05) is 31.5 Å². The highest BCUT2D eigenvalue weighted by Gasteiger charge is 2.64. The van der Waals surface area contributed by atoms with Crippen molar-refractivity contribution in [3.63, 3.8) is 0 Å². The fourth-order valence-corrected chi connectivity index (χ4v) is 8.50. The number of carbonyl (C=O) groups excluding carboxylic acids is 2. The molecule has 3 amide bonds. The largest absolute Gasteiger partial charge is 0.416 e. The number of halogens is 4. The third kappa shape index (κ3) is 3.96. The fraction of sp³-hybridized carbons (Fsp3) is 0.643. The van der Waals surface area contributed by atoms with E-state index in [1.54, 1.807) is 6.08 Å². The molecule has 4 aliphatic rings. The summed E-state index contributed by atoms with van der Waals surface area (Å²) in [6, 6.07) is 2.31.